The molecule has 0 aromatic rings. The maximum atomic E-state index is 13.0. The molecule has 3 N–H and O–H groups in total. The predicted molar refractivity (Wildman–Crippen MR) is 354 cm³/mol. The second-order valence-electron chi connectivity index (χ2n) is 25.4. The second kappa shape index (κ2) is 62.5. The number of esters is 4. The molecule has 0 fully saturated rings. The van der Waals surface area contributed by atoms with Crippen molar-refractivity contribution in [3.8, 4) is 0 Å². The molecule has 0 bridgehead atoms. The number of phosphoric acid groups is 2. The number of carbonyl (C=O) groups is 4. The van der Waals surface area contributed by atoms with Crippen molar-refractivity contribution in [3.63, 3.8) is 0 Å². The van der Waals surface area contributed by atoms with E-state index in [0.29, 0.717) is 31.6 Å². The van der Waals surface area contributed by atoms with E-state index >= 15 is 0 Å². The zero-order valence-electron chi connectivity index (χ0n) is 56.9. The van der Waals surface area contributed by atoms with E-state index in [1.165, 1.54) is 173 Å². The highest BCUT2D eigenvalue weighted by molar-refractivity contribution is 7.47. The Bertz CT molecular complexity index is 1700. The lowest BCUT2D eigenvalue weighted by molar-refractivity contribution is -0.161. The van der Waals surface area contributed by atoms with Gasteiger partial charge in [0.15, 0.2) is 12.2 Å². The van der Waals surface area contributed by atoms with Crippen LogP contribution in [0.25, 0.3) is 0 Å². The number of hydrogen-bond donors (Lipinski definition) is 3. The van der Waals surface area contributed by atoms with Crippen molar-refractivity contribution in [2.24, 2.45) is 5.92 Å². The van der Waals surface area contributed by atoms with E-state index in [2.05, 4.69) is 34.6 Å². The smallest absolute Gasteiger partial charge is 0.462 e. The molecule has 0 saturated heterocycles. The van der Waals surface area contributed by atoms with Gasteiger partial charge in [-0.1, -0.05) is 304 Å². The lowest BCUT2D eigenvalue weighted by atomic mass is 10.0. The van der Waals surface area contributed by atoms with Crippen LogP contribution in [0.3, 0.4) is 0 Å². The van der Waals surface area contributed by atoms with Gasteiger partial charge in [0.1, 0.15) is 19.3 Å². The van der Waals surface area contributed by atoms with Crippen LogP contribution in [0, 0.1) is 5.92 Å². The maximum Gasteiger partial charge on any atom is 0.472 e. The lowest BCUT2D eigenvalue weighted by Gasteiger charge is -2.21. The van der Waals surface area contributed by atoms with E-state index in [1.54, 1.807) is 0 Å². The molecule has 0 aromatic carbocycles. The summed E-state index contributed by atoms with van der Waals surface area (Å²) in [6, 6.07) is 0. The molecule has 0 aliphatic carbocycles. The summed E-state index contributed by atoms with van der Waals surface area (Å²) in [7, 11) is -9.89. The Morgan fingerprint density at radius 1 is 0.307 bits per heavy atom. The summed E-state index contributed by atoms with van der Waals surface area (Å²) in [6.45, 7) is 7.14. The van der Waals surface area contributed by atoms with E-state index in [0.717, 1.165) is 96.3 Å². The number of phosphoric ester groups is 2. The molecule has 2 unspecified atom stereocenters. The number of carbonyl (C=O) groups excluding carboxylic acids is 4. The lowest BCUT2D eigenvalue weighted by Crippen LogP contribution is -2.30. The zero-order valence-corrected chi connectivity index (χ0v) is 58.6. The van der Waals surface area contributed by atoms with E-state index < -0.39 is 97.5 Å². The van der Waals surface area contributed by atoms with Crippen LogP contribution < -0.4 is 0 Å². The molecule has 0 rings (SSSR count). The molecule has 522 valence electrons. The summed E-state index contributed by atoms with van der Waals surface area (Å²) in [6.07, 6.45) is 48.8. The second-order valence-corrected chi connectivity index (χ2v) is 28.3. The van der Waals surface area contributed by atoms with Gasteiger partial charge in [0.05, 0.1) is 26.4 Å². The minimum absolute atomic E-state index is 0.106. The molecule has 0 amide bonds. The molecular weight excluding hydrogens is 1160 g/mol. The van der Waals surface area contributed by atoms with Crippen molar-refractivity contribution >= 4 is 39.5 Å². The Labute approximate surface area is 537 Å². The SMILES string of the molecule is CCCCCCCCCCCCCCCCCCCCCC(=O)O[C@H](COC(=O)CCCCCCCCCCCC)COP(=O)(O)OC[C@@H](O)COP(=O)(O)OC[C@@H](COC(=O)CCCCCCCCC(C)C)OC(=O)CCCCCCCCCCCC. The summed E-state index contributed by atoms with van der Waals surface area (Å²) in [5.41, 5.74) is 0. The average Bonchev–Trinajstić information content (AvgIpc) is 3.59. The first-order valence-corrected chi connectivity index (χ1v) is 39.1. The summed E-state index contributed by atoms with van der Waals surface area (Å²) < 4.78 is 68.1. The molecule has 0 spiro atoms. The number of unbranched alkanes of at least 4 members (excludes halogenated alkanes) is 41. The van der Waals surface area contributed by atoms with Crippen LogP contribution in [0.15, 0.2) is 0 Å². The van der Waals surface area contributed by atoms with Crippen LogP contribution >= 0.6 is 15.6 Å². The molecule has 0 aliphatic heterocycles. The molecule has 0 heterocycles. The van der Waals surface area contributed by atoms with Gasteiger partial charge in [-0.15, -0.1) is 0 Å². The Morgan fingerprint density at radius 3 is 0.773 bits per heavy atom. The van der Waals surface area contributed by atoms with Gasteiger partial charge < -0.3 is 33.8 Å². The summed E-state index contributed by atoms with van der Waals surface area (Å²) in [5.74, 6) is -1.45. The van der Waals surface area contributed by atoms with Crippen molar-refractivity contribution in [2.45, 2.75) is 374 Å². The van der Waals surface area contributed by atoms with Crippen LogP contribution in [0.1, 0.15) is 356 Å². The summed E-state index contributed by atoms with van der Waals surface area (Å²) in [4.78, 5) is 72.3. The van der Waals surface area contributed by atoms with Crippen molar-refractivity contribution in [1.29, 1.82) is 0 Å². The van der Waals surface area contributed by atoms with Gasteiger partial charge in [0, 0.05) is 25.7 Å². The number of aliphatic hydroxyl groups is 1. The van der Waals surface area contributed by atoms with Gasteiger partial charge in [-0.05, 0) is 31.6 Å². The van der Waals surface area contributed by atoms with Crippen molar-refractivity contribution in [3.05, 3.63) is 0 Å². The first kappa shape index (κ1) is 86.1. The van der Waals surface area contributed by atoms with Crippen LogP contribution in [0.2, 0.25) is 0 Å². The standard InChI is InChI=1S/C69H134O17P2/c1-6-9-12-15-18-21-24-25-26-27-28-29-30-31-32-35-38-45-50-55-69(74)85-64(58-79-66(71)52-47-42-36-33-22-19-16-13-10-7-2)60-83-87(75,76)81-56-63(70)57-82-88(77,78)84-61-65(59-80-67(72)53-48-43-40-39-41-46-51-62(4)5)86-68(73)54-49-44-37-34-23-20-17-14-11-8-3/h62-65,70H,6-61H2,1-5H3,(H,75,76)(H,77,78)/t63-,64-,65-/m1/s1. The Morgan fingerprint density at radius 2 is 0.523 bits per heavy atom. The molecule has 0 aliphatic rings. The number of ether oxygens (including phenoxy) is 4. The van der Waals surface area contributed by atoms with Gasteiger partial charge in [-0.25, -0.2) is 9.13 Å². The van der Waals surface area contributed by atoms with Gasteiger partial charge in [0.25, 0.3) is 0 Å². The summed E-state index contributed by atoms with van der Waals surface area (Å²) >= 11 is 0. The molecule has 19 heteroatoms. The maximum absolute atomic E-state index is 13.0. The first-order valence-electron chi connectivity index (χ1n) is 36.1. The average molecular weight is 1300 g/mol. The molecule has 0 saturated carbocycles. The van der Waals surface area contributed by atoms with Crippen LogP contribution in [0.4, 0.5) is 0 Å². The fraction of sp³-hybridized carbons (Fsp3) is 0.942. The normalized spacial score (nSPS) is 14.1. The first-order chi connectivity index (χ1) is 42.5. The summed E-state index contributed by atoms with van der Waals surface area (Å²) in [5, 5.41) is 10.6. The van der Waals surface area contributed by atoms with Crippen molar-refractivity contribution < 1.29 is 80.2 Å². The predicted octanol–water partition coefficient (Wildman–Crippen LogP) is 19.7. The van der Waals surface area contributed by atoms with Crippen LogP contribution in [-0.2, 0) is 65.4 Å². The van der Waals surface area contributed by atoms with Gasteiger partial charge in [-0.2, -0.15) is 0 Å². The van der Waals surface area contributed by atoms with Crippen LogP contribution in [-0.4, -0.2) is 96.7 Å². The highest BCUT2D eigenvalue weighted by atomic mass is 31.2. The Balaban J connectivity index is 5.17. The Hall–Kier alpha value is -1.94. The monoisotopic (exact) mass is 1300 g/mol. The topological polar surface area (TPSA) is 237 Å². The fourth-order valence-corrected chi connectivity index (χ4v) is 12.0. The molecule has 88 heavy (non-hydrogen) atoms. The third-order valence-corrected chi connectivity index (χ3v) is 17.9. The van der Waals surface area contributed by atoms with Crippen molar-refractivity contribution in [2.75, 3.05) is 39.6 Å². The van der Waals surface area contributed by atoms with Gasteiger partial charge >= 0.3 is 39.5 Å². The highest BCUT2D eigenvalue weighted by Crippen LogP contribution is 2.45. The number of aliphatic hydroxyl groups excluding tert-OH is 1. The number of rotatable bonds is 69. The minimum atomic E-state index is -4.95. The molecular formula is C69H134O17P2. The van der Waals surface area contributed by atoms with E-state index in [9.17, 15) is 43.2 Å². The molecule has 5 atom stereocenters. The fourth-order valence-electron chi connectivity index (χ4n) is 10.5. The third-order valence-electron chi connectivity index (χ3n) is 16.0. The minimum Gasteiger partial charge on any atom is -0.462 e. The largest absolute Gasteiger partial charge is 0.472 e. The zero-order chi connectivity index (χ0) is 64.9. The number of hydrogen-bond acceptors (Lipinski definition) is 15. The third kappa shape index (κ3) is 62.8. The molecule has 17 nitrogen and oxygen atoms in total. The molecule has 0 aromatic heterocycles. The van der Waals surface area contributed by atoms with E-state index in [1.807, 2.05) is 0 Å². The highest BCUT2D eigenvalue weighted by Gasteiger charge is 2.30. The Kier molecular flexibility index (Phi) is 61.1. The quantitative estimate of drug-likeness (QED) is 0.0222. The van der Waals surface area contributed by atoms with E-state index in [-0.39, 0.29) is 25.7 Å². The van der Waals surface area contributed by atoms with Crippen LogP contribution in [0.5, 0.6) is 0 Å². The van der Waals surface area contributed by atoms with E-state index in [4.69, 9.17) is 37.0 Å². The van der Waals surface area contributed by atoms with Crippen molar-refractivity contribution in [1.82, 2.24) is 0 Å². The van der Waals surface area contributed by atoms with Gasteiger partial charge in [-0.3, -0.25) is 37.3 Å². The van der Waals surface area contributed by atoms with Gasteiger partial charge in [0.2, 0.25) is 0 Å². The molecule has 0 radical (unpaired) electrons.